The fraction of sp³-hybridized carbons (Fsp3) is 0.154. The molecule has 0 aliphatic heterocycles. The van der Waals surface area contributed by atoms with E-state index in [-0.39, 0.29) is 0 Å². The zero-order valence-corrected chi connectivity index (χ0v) is 12.3. The van der Waals surface area contributed by atoms with E-state index in [0.717, 1.165) is 16.7 Å². The number of nitriles is 1. The number of nitrogens with zero attached hydrogens (tertiary/aromatic N) is 2. The van der Waals surface area contributed by atoms with E-state index in [9.17, 15) is 0 Å². The molecule has 2 N–H and O–H groups in total. The Labute approximate surface area is 119 Å². The summed E-state index contributed by atoms with van der Waals surface area (Å²) in [5, 5.41) is 11.0. The molecule has 0 bridgehead atoms. The summed E-state index contributed by atoms with van der Waals surface area (Å²) >= 11 is 5.15. The molecule has 1 heterocycles. The Morgan fingerprint density at radius 3 is 2.83 bits per heavy atom. The molecule has 0 spiro atoms. The van der Waals surface area contributed by atoms with Crippen LogP contribution in [0.15, 0.2) is 34.1 Å². The van der Waals surface area contributed by atoms with Gasteiger partial charge in [-0.15, -0.1) is 11.3 Å². The minimum absolute atomic E-state index is 0.520. The first kappa shape index (κ1) is 12.9. The van der Waals surface area contributed by atoms with Crippen molar-refractivity contribution in [2.45, 2.75) is 6.54 Å². The molecule has 2 aromatic rings. The fourth-order valence-corrected chi connectivity index (χ4v) is 3.14. The number of halogens is 1. The van der Waals surface area contributed by atoms with Gasteiger partial charge in [-0.2, -0.15) is 5.26 Å². The molecule has 1 aromatic carbocycles. The molecule has 0 radical (unpaired) electrons. The van der Waals surface area contributed by atoms with Crippen LogP contribution >= 0.6 is 27.3 Å². The first-order chi connectivity index (χ1) is 8.60. The van der Waals surface area contributed by atoms with Crippen LogP contribution in [0.5, 0.6) is 0 Å². The van der Waals surface area contributed by atoms with Crippen LogP contribution in [0.25, 0.3) is 0 Å². The lowest BCUT2D eigenvalue weighted by molar-refractivity contribution is 0.940. The van der Waals surface area contributed by atoms with Crippen LogP contribution in [0, 0.1) is 11.3 Å². The van der Waals surface area contributed by atoms with Gasteiger partial charge in [0, 0.05) is 33.2 Å². The molecule has 18 heavy (non-hydrogen) atoms. The van der Waals surface area contributed by atoms with E-state index in [4.69, 9.17) is 11.0 Å². The van der Waals surface area contributed by atoms with E-state index < -0.39 is 0 Å². The van der Waals surface area contributed by atoms with Gasteiger partial charge >= 0.3 is 0 Å². The standard InChI is InChI=1S/C13H12BrN3S/c1-17(7-12-5-10(14)8-18-12)11-2-3-13(16)9(4-11)6-15/h2-5,8H,7,16H2,1H3. The lowest BCUT2D eigenvalue weighted by Crippen LogP contribution is -2.15. The van der Waals surface area contributed by atoms with Gasteiger partial charge in [-0.25, -0.2) is 0 Å². The van der Waals surface area contributed by atoms with E-state index in [0.29, 0.717) is 11.3 Å². The topological polar surface area (TPSA) is 53.0 Å². The van der Waals surface area contributed by atoms with Crippen molar-refractivity contribution in [3.05, 3.63) is 44.6 Å². The van der Waals surface area contributed by atoms with E-state index in [1.54, 1.807) is 17.4 Å². The number of nitrogens with two attached hydrogens (primary N) is 1. The molecule has 92 valence electrons. The van der Waals surface area contributed by atoms with Crippen LogP contribution in [-0.4, -0.2) is 7.05 Å². The van der Waals surface area contributed by atoms with E-state index in [1.807, 2.05) is 19.2 Å². The highest BCUT2D eigenvalue weighted by atomic mass is 79.9. The van der Waals surface area contributed by atoms with Crippen LogP contribution in [0.3, 0.4) is 0 Å². The summed E-state index contributed by atoms with van der Waals surface area (Å²) in [4.78, 5) is 3.36. The van der Waals surface area contributed by atoms with Crippen molar-refractivity contribution in [2.24, 2.45) is 0 Å². The zero-order chi connectivity index (χ0) is 13.1. The minimum Gasteiger partial charge on any atom is -0.398 e. The van der Waals surface area contributed by atoms with Gasteiger partial charge < -0.3 is 10.6 Å². The Morgan fingerprint density at radius 1 is 1.44 bits per heavy atom. The predicted octanol–water partition coefficient (Wildman–Crippen LogP) is 3.60. The molecule has 2 rings (SSSR count). The molecule has 0 amide bonds. The molecule has 3 nitrogen and oxygen atoms in total. The quantitative estimate of drug-likeness (QED) is 0.879. The van der Waals surface area contributed by atoms with Crippen molar-refractivity contribution in [2.75, 3.05) is 17.7 Å². The lowest BCUT2D eigenvalue weighted by atomic mass is 10.1. The van der Waals surface area contributed by atoms with E-state index >= 15 is 0 Å². The number of benzene rings is 1. The Hall–Kier alpha value is -1.51. The molecular formula is C13H12BrN3S. The number of rotatable bonds is 3. The van der Waals surface area contributed by atoms with Crippen molar-refractivity contribution in [3.8, 4) is 6.07 Å². The average Bonchev–Trinajstić information content (AvgIpc) is 2.75. The second-order valence-corrected chi connectivity index (χ2v) is 5.88. The van der Waals surface area contributed by atoms with Gasteiger partial charge in [0.2, 0.25) is 0 Å². The smallest absolute Gasteiger partial charge is 0.101 e. The number of anilines is 2. The second-order valence-electron chi connectivity index (χ2n) is 3.97. The lowest BCUT2D eigenvalue weighted by Gasteiger charge is -2.19. The van der Waals surface area contributed by atoms with Crippen molar-refractivity contribution in [1.29, 1.82) is 5.26 Å². The number of nitrogen functional groups attached to an aromatic ring is 1. The normalized spacial score (nSPS) is 10.1. The van der Waals surface area contributed by atoms with E-state index in [1.165, 1.54) is 4.88 Å². The molecule has 0 fully saturated rings. The molecule has 0 atom stereocenters. The van der Waals surface area contributed by atoms with Crippen LogP contribution in [0.1, 0.15) is 10.4 Å². The molecule has 0 unspecified atom stereocenters. The summed E-state index contributed by atoms with van der Waals surface area (Å²) in [7, 11) is 2.00. The minimum atomic E-state index is 0.520. The SMILES string of the molecule is CN(Cc1cc(Br)cs1)c1ccc(N)c(C#N)c1. The average molecular weight is 322 g/mol. The third-order valence-corrected chi connectivity index (χ3v) is 4.30. The number of hydrogen-bond acceptors (Lipinski definition) is 4. The predicted molar refractivity (Wildman–Crippen MR) is 79.7 cm³/mol. The molecule has 1 aromatic heterocycles. The third kappa shape index (κ3) is 2.84. The Balaban J connectivity index is 2.19. The van der Waals surface area contributed by atoms with Crippen molar-refractivity contribution >= 4 is 38.6 Å². The van der Waals surface area contributed by atoms with Crippen molar-refractivity contribution in [1.82, 2.24) is 0 Å². The highest BCUT2D eigenvalue weighted by Crippen LogP contribution is 2.25. The summed E-state index contributed by atoms with van der Waals surface area (Å²) in [6.07, 6.45) is 0. The van der Waals surface area contributed by atoms with Gasteiger partial charge in [-0.1, -0.05) is 0 Å². The van der Waals surface area contributed by atoms with Crippen LogP contribution in [-0.2, 0) is 6.54 Å². The van der Waals surface area contributed by atoms with Gasteiger partial charge in [0.05, 0.1) is 12.1 Å². The Bertz CT molecular complexity index is 601. The Morgan fingerprint density at radius 2 is 2.22 bits per heavy atom. The maximum Gasteiger partial charge on any atom is 0.101 e. The second kappa shape index (κ2) is 5.42. The summed E-state index contributed by atoms with van der Waals surface area (Å²) in [6, 6.07) is 9.72. The molecule has 0 aliphatic carbocycles. The van der Waals surface area contributed by atoms with Crippen LogP contribution in [0.2, 0.25) is 0 Å². The maximum absolute atomic E-state index is 8.97. The third-order valence-electron chi connectivity index (χ3n) is 2.61. The molecule has 0 saturated carbocycles. The van der Waals surface area contributed by atoms with Gasteiger partial charge in [-0.3, -0.25) is 0 Å². The van der Waals surface area contributed by atoms with E-state index in [2.05, 4.69) is 38.3 Å². The van der Waals surface area contributed by atoms with Crippen LogP contribution < -0.4 is 10.6 Å². The van der Waals surface area contributed by atoms with Crippen LogP contribution in [0.4, 0.5) is 11.4 Å². The highest BCUT2D eigenvalue weighted by Gasteiger charge is 2.07. The molecule has 0 saturated heterocycles. The first-order valence-electron chi connectivity index (χ1n) is 5.34. The fourth-order valence-electron chi connectivity index (χ4n) is 1.64. The molecule has 5 heteroatoms. The summed E-state index contributed by atoms with van der Waals surface area (Å²) in [6.45, 7) is 0.811. The van der Waals surface area contributed by atoms with Gasteiger partial charge in [0.25, 0.3) is 0 Å². The van der Waals surface area contributed by atoms with Gasteiger partial charge in [-0.05, 0) is 40.2 Å². The Kier molecular flexibility index (Phi) is 3.90. The summed E-state index contributed by atoms with van der Waals surface area (Å²) < 4.78 is 1.10. The van der Waals surface area contributed by atoms with Crippen molar-refractivity contribution in [3.63, 3.8) is 0 Å². The largest absolute Gasteiger partial charge is 0.398 e. The number of thiophene rings is 1. The van der Waals surface area contributed by atoms with Gasteiger partial charge in [0.1, 0.15) is 6.07 Å². The summed E-state index contributed by atoms with van der Waals surface area (Å²) in [5.41, 5.74) is 7.74. The highest BCUT2D eigenvalue weighted by molar-refractivity contribution is 9.10. The summed E-state index contributed by atoms with van der Waals surface area (Å²) in [5.74, 6) is 0. The maximum atomic E-state index is 8.97. The molecular weight excluding hydrogens is 310 g/mol. The molecule has 0 aliphatic rings. The monoisotopic (exact) mass is 321 g/mol. The first-order valence-corrected chi connectivity index (χ1v) is 7.01. The zero-order valence-electron chi connectivity index (χ0n) is 9.85. The van der Waals surface area contributed by atoms with Crippen molar-refractivity contribution < 1.29 is 0 Å². The number of hydrogen-bond donors (Lipinski definition) is 1. The van der Waals surface area contributed by atoms with Gasteiger partial charge in [0.15, 0.2) is 0 Å².